The van der Waals surface area contributed by atoms with Gasteiger partial charge in [0.25, 0.3) is 0 Å². The summed E-state index contributed by atoms with van der Waals surface area (Å²) in [7, 11) is 0. The summed E-state index contributed by atoms with van der Waals surface area (Å²) in [5.74, 6) is 0. The van der Waals surface area contributed by atoms with Gasteiger partial charge in [-0.05, 0) is 79.0 Å². The summed E-state index contributed by atoms with van der Waals surface area (Å²) in [6, 6.07) is 53.7. The Kier molecular flexibility index (Phi) is 6.14. The van der Waals surface area contributed by atoms with Crippen LogP contribution in [0.15, 0.2) is 152 Å². The monoisotopic (exact) mass is 476 g/mol. The minimum atomic E-state index is 1.11. The molecule has 0 radical (unpaired) electrons. The number of benzene rings is 6. The maximum Gasteiger partial charge on any atom is 0.0540 e. The van der Waals surface area contributed by atoms with Crippen LogP contribution >= 0.6 is 0 Å². The van der Waals surface area contributed by atoms with Gasteiger partial charge in [0.2, 0.25) is 0 Å². The van der Waals surface area contributed by atoms with Crippen LogP contribution in [-0.4, -0.2) is 0 Å². The van der Waals surface area contributed by atoms with Gasteiger partial charge in [0.05, 0.1) is 5.69 Å². The molecule has 6 rings (SSSR count). The molecule has 2 heteroatoms. The molecule has 0 bridgehead atoms. The average molecular weight is 477 g/mol. The zero-order valence-electron chi connectivity index (χ0n) is 20.8. The molecule has 0 aliphatic rings. The SMILES string of the molecule is Cc1ccc(N(c2ccc(N(c3ccccc3)c3ccccc3)cc2)c2cccc3ccccc23)cc1. The number of anilines is 6. The molecule has 0 amide bonds. The van der Waals surface area contributed by atoms with Crippen LogP contribution in [0.5, 0.6) is 0 Å². The van der Waals surface area contributed by atoms with Gasteiger partial charge < -0.3 is 9.80 Å². The summed E-state index contributed by atoms with van der Waals surface area (Å²) in [4.78, 5) is 4.64. The lowest BCUT2D eigenvalue weighted by Gasteiger charge is -2.29. The molecule has 6 aromatic carbocycles. The summed E-state index contributed by atoms with van der Waals surface area (Å²) in [5, 5.41) is 2.46. The fraction of sp³-hybridized carbons (Fsp3) is 0.0286. The molecule has 0 saturated carbocycles. The van der Waals surface area contributed by atoms with E-state index in [0.717, 1.165) is 34.1 Å². The van der Waals surface area contributed by atoms with Crippen LogP contribution in [0.4, 0.5) is 34.1 Å². The second kappa shape index (κ2) is 10.0. The molecule has 6 aromatic rings. The molecular weight excluding hydrogens is 448 g/mol. The van der Waals surface area contributed by atoms with Crippen molar-refractivity contribution in [2.45, 2.75) is 6.92 Å². The Morgan fingerprint density at radius 1 is 0.351 bits per heavy atom. The summed E-state index contributed by atoms with van der Waals surface area (Å²) in [6.07, 6.45) is 0. The molecule has 0 spiro atoms. The van der Waals surface area contributed by atoms with E-state index in [1.165, 1.54) is 16.3 Å². The maximum atomic E-state index is 2.35. The molecule has 0 atom stereocenters. The first kappa shape index (κ1) is 22.6. The second-order valence-electron chi connectivity index (χ2n) is 9.19. The normalized spacial score (nSPS) is 10.8. The number of fused-ring (bicyclic) bond motifs is 1. The van der Waals surface area contributed by atoms with E-state index in [2.05, 4.69) is 168 Å². The van der Waals surface area contributed by atoms with Gasteiger partial charge in [-0.1, -0.05) is 90.5 Å². The van der Waals surface area contributed by atoms with Crippen LogP contribution in [0.3, 0.4) is 0 Å². The molecule has 0 N–H and O–H groups in total. The third-order valence-electron chi connectivity index (χ3n) is 6.69. The molecule has 0 unspecified atom stereocenters. The average Bonchev–Trinajstić information content (AvgIpc) is 2.96. The van der Waals surface area contributed by atoms with Crippen molar-refractivity contribution in [3.05, 3.63) is 157 Å². The lowest BCUT2D eigenvalue weighted by molar-refractivity contribution is 1.26. The third-order valence-corrected chi connectivity index (χ3v) is 6.69. The zero-order valence-corrected chi connectivity index (χ0v) is 20.8. The van der Waals surface area contributed by atoms with Crippen molar-refractivity contribution in [3.63, 3.8) is 0 Å². The van der Waals surface area contributed by atoms with Crippen LogP contribution < -0.4 is 9.80 Å². The van der Waals surface area contributed by atoms with E-state index in [-0.39, 0.29) is 0 Å². The van der Waals surface area contributed by atoms with E-state index in [0.29, 0.717) is 0 Å². The molecule has 0 heterocycles. The van der Waals surface area contributed by atoms with Gasteiger partial charge in [0.15, 0.2) is 0 Å². The summed E-state index contributed by atoms with van der Waals surface area (Å²) in [5.41, 5.74) is 8.04. The van der Waals surface area contributed by atoms with Crippen molar-refractivity contribution in [2.75, 3.05) is 9.80 Å². The molecule has 2 nitrogen and oxygen atoms in total. The van der Waals surface area contributed by atoms with Crippen LogP contribution in [0, 0.1) is 6.92 Å². The second-order valence-corrected chi connectivity index (χ2v) is 9.19. The van der Waals surface area contributed by atoms with E-state index < -0.39 is 0 Å². The topological polar surface area (TPSA) is 6.48 Å². The highest BCUT2D eigenvalue weighted by molar-refractivity contribution is 5.99. The zero-order chi connectivity index (χ0) is 25.0. The van der Waals surface area contributed by atoms with Crippen molar-refractivity contribution in [1.29, 1.82) is 0 Å². The summed E-state index contributed by atoms with van der Waals surface area (Å²) in [6.45, 7) is 2.13. The highest BCUT2D eigenvalue weighted by atomic mass is 15.2. The van der Waals surface area contributed by atoms with Crippen molar-refractivity contribution in [1.82, 2.24) is 0 Å². The largest absolute Gasteiger partial charge is 0.311 e. The van der Waals surface area contributed by atoms with Crippen LogP contribution in [0.25, 0.3) is 10.8 Å². The Balaban J connectivity index is 1.48. The van der Waals surface area contributed by atoms with E-state index in [1.54, 1.807) is 0 Å². The van der Waals surface area contributed by atoms with Gasteiger partial charge in [-0.25, -0.2) is 0 Å². The Hall–Kier alpha value is -4.82. The van der Waals surface area contributed by atoms with E-state index in [4.69, 9.17) is 0 Å². The first-order chi connectivity index (χ1) is 18.3. The molecule has 0 aliphatic carbocycles. The molecule has 37 heavy (non-hydrogen) atoms. The number of hydrogen-bond acceptors (Lipinski definition) is 2. The summed E-state index contributed by atoms with van der Waals surface area (Å²) >= 11 is 0. The number of rotatable bonds is 6. The van der Waals surface area contributed by atoms with Gasteiger partial charge in [0, 0.05) is 33.8 Å². The lowest BCUT2D eigenvalue weighted by Crippen LogP contribution is -2.12. The molecular formula is C35H28N2. The predicted octanol–water partition coefficient (Wildman–Crippen LogP) is 10.1. The smallest absolute Gasteiger partial charge is 0.0540 e. The van der Waals surface area contributed by atoms with Gasteiger partial charge in [-0.3, -0.25) is 0 Å². The highest BCUT2D eigenvalue weighted by Gasteiger charge is 2.17. The van der Waals surface area contributed by atoms with Gasteiger partial charge in [-0.2, -0.15) is 0 Å². The summed E-state index contributed by atoms with van der Waals surface area (Å²) < 4.78 is 0. The Labute approximate surface area is 218 Å². The highest BCUT2D eigenvalue weighted by Crippen LogP contribution is 2.41. The van der Waals surface area contributed by atoms with E-state index >= 15 is 0 Å². The Bertz CT molecular complexity index is 1560. The maximum absolute atomic E-state index is 2.35. The standard InChI is InChI=1S/C35H28N2/c1-27-19-21-32(22-20-27)37(35-18-10-12-28-11-8-9-17-34(28)35)33-25-23-31(24-26-33)36(29-13-4-2-5-14-29)30-15-6-3-7-16-30/h2-26H,1H3. The number of aryl methyl sites for hydroxylation is 1. The number of nitrogens with zero attached hydrogens (tertiary/aromatic N) is 2. The Morgan fingerprint density at radius 2 is 0.784 bits per heavy atom. The first-order valence-corrected chi connectivity index (χ1v) is 12.6. The van der Waals surface area contributed by atoms with Crippen LogP contribution in [-0.2, 0) is 0 Å². The predicted molar refractivity (Wildman–Crippen MR) is 158 cm³/mol. The quantitative estimate of drug-likeness (QED) is 0.236. The fourth-order valence-electron chi connectivity index (χ4n) is 4.88. The molecule has 0 fully saturated rings. The van der Waals surface area contributed by atoms with Crippen LogP contribution in [0.2, 0.25) is 0 Å². The Morgan fingerprint density at radius 3 is 1.38 bits per heavy atom. The lowest BCUT2D eigenvalue weighted by atomic mass is 10.1. The van der Waals surface area contributed by atoms with Crippen molar-refractivity contribution in [3.8, 4) is 0 Å². The first-order valence-electron chi connectivity index (χ1n) is 12.6. The van der Waals surface area contributed by atoms with Gasteiger partial charge >= 0.3 is 0 Å². The van der Waals surface area contributed by atoms with E-state index in [1.807, 2.05) is 0 Å². The minimum absolute atomic E-state index is 1.11. The fourth-order valence-corrected chi connectivity index (χ4v) is 4.88. The molecule has 178 valence electrons. The van der Waals surface area contributed by atoms with E-state index in [9.17, 15) is 0 Å². The third kappa shape index (κ3) is 4.57. The molecule has 0 aromatic heterocycles. The number of para-hydroxylation sites is 2. The van der Waals surface area contributed by atoms with Gasteiger partial charge in [-0.15, -0.1) is 0 Å². The van der Waals surface area contributed by atoms with Crippen molar-refractivity contribution < 1.29 is 0 Å². The van der Waals surface area contributed by atoms with Crippen molar-refractivity contribution >= 4 is 44.9 Å². The number of hydrogen-bond donors (Lipinski definition) is 0. The molecule has 0 aliphatic heterocycles. The molecule has 0 saturated heterocycles. The van der Waals surface area contributed by atoms with Crippen LogP contribution in [0.1, 0.15) is 5.56 Å². The minimum Gasteiger partial charge on any atom is -0.311 e. The van der Waals surface area contributed by atoms with Crippen molar-refractivity contribution in [2.24, 2.45) is 0 Å². The van der Waals surface area contributed by atoms with Gasteiger partial charge in [0.1, 0.15) is 0 Å².